The summed E-state index contributed by atoms with van der Waals surface area (Å²) in [5, 5.41) is 14.5. The Bertz CT molecular complexity index is 391. The SMILES string of the molecule is O=C(CNCCSCCCO)Nc1cccc(Br)c1. The van der Waals surface area contributed by atoms with Crippen LogP contribution < -0.4 is 10.6 Å². The van der Waals surface area contributed by atoms with Gasteiger partial charge in [0.25, 0.3) is 0 Å². The number of nitrogens with one attached hydrogen (secondary N) is 2. The van der Waals surface area contributed by atoms with Crippen LogP contribution in [0.5, 0.6) is 0 Å². The van der Waals surface area contributed by atoms with Crippen LogP contribution in [0.1, 0.15) is 6.42 Å². The van der Waals surface area contributed by atoms with Crippen LogP contribution in [0.2, 0.25) is 0 Å². The molecule has 1 aromatic rings. The Morgan fingerprint density at radius 2 is 2.21 bits per heavy atom. The van der Waals surface area contributed by atoms with Crippen LogP contribution in [-0.4, -0.2) is 42.2 Å². The van der Waals surface area contributed by atoms with E-state index in [-0.39, 0.29) is 12.5 Å². The first-order chi connectivity index (χ1) is 9.22. The quantitative estimate of drug-likeness (QED) is 0.599. The Hall–Kier alpha value is -0.560. The monoisotopic (exact) mass is 346 g/mol. The normalized spacial score (nSPS) is 10.4. The summed E-state index contributed by atoms with van der Waals surface area (Å²) in [6.07, 6.45) is 0.827. The number of carbonyl (C=O) groups excluding carboxylic acids is 1. The van der Waals surface area contributed by atoms with Crippen LogP contribution in [0.4, 0.5) is 5.69 Å². The van der Waals surface area contributed by atoms with Gasteiger partial charge in [0.15, 0.2) is 0 Å². The predicted octanol–water partition coefficient (Wildman–Crippen LogP) is 2.09. The van der Waals surface area contributed by atoms with Gasteiger partial charge in [0, 0.05) is 29.1 Å². The van der Waals surface area contributed by atoms with Crippen LogP contribution in [0.15, 0.2) is 28.7 Å². The minimum absolute atomic E-state index is 0.0431. The molecule has 0 saturated heterocycles. The molecule has 19 heavy (non-hydrogen) atoms. The van der Waals surface area contributed by atoms with Gasteiger partial charge in [-0.2, -0.15) is 11.8 Å². The molecule has 3 N–H and O–H groups in total. The molecule has 0 bridgehead atoms. The Labute approximate surface area is 126 Å². The number of anilines is 1. The molecule has 1 amide bonds. The Balaban J connectivity index is 2.08. The van der Waals surface area contributed by atoms with Crippen molar-refractivity contribution < 1.29 is 9.90 Å². The Kier molecular flexibility index (Phi) is 8.90. The molecular weight excluding hydrogens is 328 g/mol. The van der Waals surface area contributed by atoms with E-state index in [9.17, 15) is 4.79 Å². The maximum Gasteiger partial charge on any atom is 0.238 e. The van der Waals surface area contributed by atoms with Crippen LogP contribution in [0.25, 0.3) is 0 Å². The van der Waals surface area contributed by atoms with Gasteiger partial charge >= 0.3 is 0 Å². The highest BCUT2D eigenvalue weighted by Crippen LogP contribution is 2.15. The molecule has 0 saturated carbocycles. The van der Waals surface area contributed by atoms with Crippen molar-refractivity contribution in [2.45, 2.75) is 6.42 Å². The van der Waals surface area contributed by atoms with Crippen LogP contribution in [0.3, 0.4) is 0 Å². The summed E-state index contributed by atoms with van der Waals surface area (Å²) >= 11 is 5.13. The summed E-state index contributed by atoms with van der Waals surface area (Å²) in [6.45, 7) is 1.35. The fourth-order valence-corrected chi connectivity index (χ4v) is 2.61. The van der Waals surface area contributed by atoms with Gasteiger partial charge in [-0.3, -0.25) is 4.79 Å². The maximum atomic E-state index is 11.6. The standard InChI is InChI=1S/C13H19BrN2O2S/c14-11-3-1-4-12(9-11)16-13(18)10-15-5-8-19-7-2-6-17/h1,3-4,9,15,17H,2,5-8,10H2,(H,16,18). The molecule has 0 heterocycles. The van der Waals surface area contributed by atoms with Crippen molar-refractivity contribution >= 4 is 39.3 Å². The third kappa shape index (κ3) is 8.26. The van der Waals surface area contributed by atoms with Crippen molar-refractivity contribution in [3.63, 3.8) is 0 Å². The highest BCUT2D eigenvalue weighted by Gasteiger charge is 2.01. The minimum atomic E-state index is -0.0431. The van der Waals surface area contributed by atoms with E-state index in [4.69, 9.17) is 5.11 Å². The van der Waals surface area contributed by atoms with Crippen LogP contribution in [0, 0.1) is 0 Å². The number of hydrogen-bond acceptors (Lipinski definition) is 4. The van der Waals surface area contributed by atoms with Gasteiger partial charge in [-0.05, 0) is 30.4 Å². The highest BCUT2D eigenvalue weighted by molar-refractivity contribution is 9.10. The van der Waals surface area contributed by atoms with E-state index in [0.717, 1.165) is 34.6 Å². The lowest BCUT2D eigenvalue weighted by molar-refractivity contribution is -0.115. The molecule has 1 aromatic carbocycles. The number of aliphatic hydroxyl groups excluding tert-OH is 1. The van der Waals surface area contributed by atoms with Crippen LogP contribution >= 0.6 is 27.7 Å². The number of thioether (sulfide) groups is 1. The second-order valence-corrected chi connectivity index (χ2v) is 6.07. The summed E-state index contributed by atoms with van der Waals surface area (Å²) in [6, 6.07) is 7.51. The van der Waals surface area contributed by atoms with E-state index in [1.54, 1.807) is 11.8 Å². The number of amides is 1. The predicted molar refractivity (Wildman–Crippen MR) is 84.7 cm³/mol. The van der Waals surface area contributed by atoms with Crippen molar-refractivity contribution in [1.29, 1.82) is 0 Å². The van der Waals surface area contributed by atoms with Crippen molar-refractivity contribution in [3.05, 3.63) is 28.7 Å². The van der Waals surface area contributed by atoms with Gasteiger partial charge in [-0.25, -0.2) is 0 Å². The molecular formula is C13H19BrN2O2S. The molecule has 0 spiro atoms. The third-order valence-corrected chi connectivity index (χ3v) is 3.83. The van der Waals surface area contributed by atoms with Gasteiger partial charge < -0.3 is 15.7 Å². The van der Waals surface area contributed by atoms with E-state index in [0.29, 0.717) is 6.54 Å². The smallest absolute Gasteiger partial charge is 0.238 e. The number of rotatable bonds is 9. The zero-order valence-corrected chi connectivity index (χ0v) is 13.1. The molecule has 106 valence electrons. The van der Waals surface area contributed by atoms with Crippen LogP contribution in [-0.2, 0) is 4.79 Å². The van der Waals surface area contributed by atoms with E-state index in [1.807, 2.05) is 24.3 Å². The summed E-state index contributed by atoms with van der Waals surface area (Å²) in [5.74, 6) is 1.87. The molecule has 0 aliphatic rings. The maximum absolute atomic E-state index is 11.6. The molecule has 0 aromatic heterocycles. The minimum Gasteiger partial charge on any atom is -0.396 e. The first-order valence-electron chi connectivity index (χ1n) is 6.17. The molecule has 0 fully saturated rings. The summed E-state index contributed by atoms with van der Waals surface area (Å²) in [4.78, 5) is 11.6. The fourth-order valence-electron chi connectivity index (χ4n) is 1.39. The molecule has 0 atom stereocenters. The van der Waals surface area contributed by atoms with Gasteiger partial charge in [-0.15, -0.1) is 0 Å². The highest BCUT2D eigenvalue weighted by atomic mass is 79.9. The Morgan fingerprint density at radius 1 is 1.37 bits per heavy atom. The average Bonchev–Trinajstić information content (AvgIpc) is 2.37. The molecule has 1 rings (SSSR count). The lowest BCUT2D eigenvalue weighted by Gasteiger charge is -2.07. The van der Waals surface area contributed by atoms with Crippen molar-refractivity contribution in [2.24, 2.45) is 0 Å². The average molecular weight is 347 g/mol. The lowest BCUT2D eigenvalue weighted by atomic mass is 10.3. The number of hydrogen-bond donors (Lipinski definition) is 3. The van der Waals surface area contributed by atoms with E-state index in [1.165, 1.54) is 0 Å². The molecule has 6 heteroatoms. The van der Waals surface area contributed by atoms with Crippen molar-refractivity contribution in [2.75, 3.05) is 36.5 Å². The van der Waals surface area contributed by atoms with Gasteiger partial charge in [0.05, 0.1) is 6.54 Å². The third-order valence-electron chi connectivity index (χ3n) is 2.26. The van der Waals surface area contributed by atoms with Gasteiger partial charge in [0.1, 0.15) is 0 Å². The largest absolute Gasteiger partial charge is 0.396 e. The van der Waals surface area contributed by atoms with Crippen molar-refractivity contribution in [3.8, 4) is 0 Å². The fraction of sp³-hybridized carbons (Fsp3) is 0.462. The van der Waals surface area contributed by atoms with E-state index in [2.05, 4.69) is 26.6 Å². The lowest BCUT2D eigenvalue weighted by Crippen LogP contribution is -2.29. The van der Waals surface area contributed by atoms with Gasteiger partial charge in [-0.1, -0.05) is 22.0 Å². The number of halogens is 1. The second kappa shape index (κ2) is 10.3. The molecule has 0 radical (unpaired) electrons. The molecule has 4 nitrogen and oxygen atoms in total. The zero-order valence-electron chi connectivity index (χ0n) is 10.7. The van der Waals surface area contributed by atoms with E-state index >= 15 is 0 Å². The Morgan fingerprint density at radius 3 is 2.95 bits per heavy atom. The topological polar surface area (TPSA) is 61.4 Å². The van der Waals surface area contributed by atoms with E-state index < -0.39 is 0 Å². The zero-order chi connectivity index (χ0) is 13.9. The first kappa shape index (κ1) is 16.5. The van der Waals surface area contributed by atoms with Crippen molar-refractivity contribution in [1.82, 2.24) is 5.32 Å². The first-order valence-corrected chi connectivity index (χ1v) is 8.12. The molecule has 0 unspecified atom stereocenters. The number of carbonyl (C=O) groups is 1. The van der Waals surface area contributed by atoms with Gasteiger partial charge in [0.2, 0.25) is 5.91 Å². The number of benzene rings is 1. The summed E-state index contributed by atoms with van der Waals surface area (Å²) in [7, 11) is 0. The molecule has 0 aliphatic carbocycles. The second-order valence-electron chi connectivity index (χ2n) is 3.92. The number of aliphatic hydroxyl groups is 1. The molecule has 0 aliphatic heterocycles. The summed E-state index contributed by atoms with van der Waals surface area (Å²) in [5.41, 5.74) is 0.790. The summed E-state index contributed by atoms with van der Waals surface area (Å²) < 4.78 is 0.943.